The molecule has 1 heterocycles. The van der Waals surface area contributed by atoms with E-state index < -0.39 is 10.0 Å². The number of benzene rings is 1. The fourth-order valence-corrected chi connectivity index (χ4v) is 4.15. The monoisotopic (exact) mass is 328 g/mol. The lowest BCUT2D eigenvalue weighted by Crippen LogP contribution is -2.35. The molecular weight excluding hydrogens is 312 g/mol. The number of nitriles is 1. The van der Waals surface area contributed by atoms with Gasteiger partial charge >= 0.3 is 0 Å². The molecule has 0 saturated carbocycles. The van der Waals surface area contributed by atoms with E-state index in [0.29, 0.717) is 26.3 Å². The summed E-state index contributed by atoms with van der Waals surface area (Å²) in [5.74, 6) is 0.230. The minimum Gasteiger partial charge on any atom is -0.381 e. The summed E-state index contributed by atoms with van der Waals surface area (Å²) in [6.07, 6.45) is 0.875. The zero-order valence-electron chi connectivity index (χ0n) is 11.8. The second kappa shape index (κ2) is 6.75. The van der Waals surface area contributed by atoms with Gasteiger partial charge in [0.05, 0.1) is 22.1 Å². The van der Waals surface area contributed by atoms with Crippen LogP contribution in [0.3, 0.4) is 0 Å². The van der Waals surface area contributed by atoms with Crippen LogP contribution in [-0.2, 0) is 14.8 Å². The molecule has 1 aromatic rings. The summed E-state index contributed by atoms with van der Waals surface area (Å²) in [4.78, 5) is 0.118. The molecule has 0 aliphatic carbocycles. The van der Waals surface area contributed by atoms with E-state index in [9.17, 15) is 8.42 Å². The van der Waals surface area contributed by atoms with Crippen molar-refractivity contribution in [1.29, 1.82) is 5.26 Å². The lowest BCUT2D eigenvalue weighted by molar-refractivity contribution is 0.181. The highest BCUT2D eigenvalue weighted by Gasteiger charge is 2.28. The first-order valence-electron chi connectivity index (χ1n) is 6.76. The molecule has 0 N–H and O–H groups in total. The van der Waals surface area contributed by atoms with Gasteiger partial charge < -0.3 is 4.74 Å². The number of halogens is 1. The molecule has 1 aliphatic rings. The van der Waals surface area contributed by atoms with Crippen LogP contribution in [0.1, 0.15) is 18.9 Å². The maximum Gasteiger partial charge on any atom is 0.243 e. The van der Waals surface area contributed by atoms with E-state index in [-0.39, 0.29) is 21.4 Å². The molecule has 2 rings (SSSR count). The van der Waals surface area contributed by atoms with E-state index in [0.717, 1.165) is 6.42 Å². The highest BCUT2D eigenvalue weighted by Crippen LogP contribution is 2.24. The fourth-order valence-electron chi connectivity index (χ4n) is 2.31. The Morgan fingerprint density at radius 3 is 2.81 bits per heavy atom. The van der Waals surface area contributed by atoms with E-state index in [1.165, 1.54) is 22.5 Å². The number of sulfonamides is 1. The average Bonchev–Trinajstić information content (AvgIpc) is 2.97. The third-order valence-electron chi connectivity index (χ3n) is 3.54. The lowest BCUT2D eigenvalue weighted by Gasteiger charge is -2.23. The topological polar surface area (TPSA) is 70.4 Å². The van der Waals surface area contributed by atoms with Crippen LogP contribution in [0, 0.1) is 17.2 Å². The van der Waals surface area contributed by atoms with Crippen LogP contribution in [0.15, 0.2) is 23.1 Å². The molecule has 0 bridgehead atoms. The lowest BCUT2D eigenvalue weighted by atomic mass is 10.1. The zero-order chi connectivity index (χ0) is 15.5. The summed E-state index contributed by atoms with van der Waals surface area (Å²) in [7, 11) is -3.60. The molecule has 0 unspecified atom stereocenters. The Morgan fingerprint density at radius 2 is 2.29 bits per heavy atom. The van der Waals surface area contributed by atoms with Gasteiger partial charge in [0, 0.05) is 19.7 Å². The van der Waals surface area contributed by atoms with Gasteiger partial charge in [0.2, 0.25) is 10.0 Å². The summed E-state index contributed by atoms with van der Waals surface area (Å²) in [5.41, 5.74) is 0.267. The average molecular weight is 329 g/mol. The molecule has 0 radical (unpaired) electrons. The molecule has 1 saturated heterocycles. The molecule has 1 aliphatic heterocycles. The van der Waals surface area contributed by atoms with Gasteiger partial charge in [-0.3, -0.25) is 0 Å². The van der Waals surface area contributed by atoms with Crippen molar-refractivity contribution in [3.05, 3.63) is 28.8 Å². The predicted molar refractivity (Wildman–Crippen MR) is 79.5 cm³/mol. The molecule has 21 heavy (non-hydrogen) atoms. The summed E-state index contributed by atoms with van der Waals surface area (Å²) < 4.78 is 32.0. The van der Waals surface area contributed by atoms with Crippen LogP contribution < -0.4 is 0 Å². The quantitative estimate of drug-likeness (QED) is 0.831. The Labute approximate surface area is 130 Å². The molecule has 1 fully saturated rings. The van der Waals surface area contributed by atoms with Gasteiger partial charge in [0.1, 0.15) is 6.07 Å². The van der Waals surface area contributed by atoms with Gasteiger partial charge in [-0.25, -0.2) is 8.42 Å². The summed E-state index contributed by atoms with van der Waals surface area (Å²) >= 11 is 5.93. The first kappa shape index (κ1) is 16.2. The molecule has 0 aromatic heterocycles. The van der Waals surface area contributed by atoms with Gasteiger partial charge in [-0.1, -0.05) is 18.5 Å². The van der Waals surface area contributed by atoms with E-state index in [2.05, 4.69) is 0 Å². The van der Waals surface area contributed by atoms with Crippen LogP contribution in [0.4, 0.5) is 0 Å². The molecule has 5 nitrogen and oxygen atoms in total. The standard InChI is InChI=1S/C14H17ClN2O3S/c1-2-17(9-11-5-6-20-10-11)21(18,19)13-4-3-12(8-16)14(15)7-13/h3-4,7,11H,2,5-6,9-10H2,1H3/t11-/m1/s1. The minimum atomic E-state index is -3.60. The Kier molecular flexibility index (Phi) is 5.22. The first-order valence-corrected chi connectivity index (χ1v) is 8.58. The van der Waals surface area contributed by atoms with Crippen LogP contribution in [0.25, 0.3) is 0 Å². The maximum absolute atomic E-state index is 12.6. The largest absolute Gasteiger partial charge is 0.381 e. The Hall–Kier alpha value is -1.13. The first-order chi connectivity index (χ1) is 9.98. The summed E-state index contributed by atoms with van der Waals surface area (Å²) in [5, 5.41) is 9.00. The summed E-state index contributed by atoms with van der Waals surface area (Å²) in [6.45, 7) is 3.91. The van der Waals surface area contributed by atoms with Crippen molar-refractivity contribution >= 4 is 21.6 Å². The van der Waals surface area contributed by atoms with Gasteiger partial charge in [-0.15, -0.1) is 0 Å². The highest BCUT2D eigenvalue weighted by atomic mass is 35.5. The Balaban J connectivity index is 2.26. The Bertz CT molecular complexity index is 649. The Morgan fingerprint density at radius 1 is 1.52 bits per heavy atom. The van der Waals surface area contributed by atoms with E-state index in [4.69, 9.17) is 21.6 Å². The number of ether oxygens (including phenoxy) is 1. The van der Waals surface area contributed by atoms with Gasteiger partial charge in [0.25, 0.3) is 0 Å². The van der Waals surface area contributed by atoms with E-state index >= 15 is 0 Å². The molecule has 1 atom stereocenters. The number of hydrogen-bond acceptors (Lipinski definition) is 4. The maximum atomic E-state index is 12.6. The number of rotatable bonds is 5. The van der Waals surface area contributed by atoms with Crippen LogP contribution in [0.2, 0.25) is 5.02 Å². The smallest absolute Gasteiger partial charge is 0.243 e. The van der Waals surface area contributed by atoms with Gasteiger partial charge in [-0.05, 0) is 30.5 Å². The third kappa shape index (κ3) is 3.55. The summed E-state index contributed by atoms with van der Waals surface area (Å²) in [6, 6.07) is 6.11. The minimum absolute atomic E-state index is 0.118. The van der Waals surface area contributed by atoms with Crippen LogP contribution in [-0.4, -0.2) is 39.0 Å². The molecule has 7 heteroatoms. The molecular formula is C14H17ClN2O3S. The van der Waals surface area contributed by atoms with Crippen LogP contribution >= 0.6 is 11.6 Å². The number of hydrogen-bond donors (Lipinski definition) is 0. The SMILES string of the molecule is CCN(C[C@H]1CCOC1)S(=O)(=O)c1ccc(C#N)c(Cl)c1. The van der Waals surface area contributed by atoms with Crippen molar-refractivity contribution in [2.45, 2.75) is 18.2 Å². The zero-order valence-corrected chi connectivity index (χ0v) is 13.3. The molecule has 0 amide bonds. The van der Waals surface area contributed by atoms with Gasteiger partial charge in [0.15, 0.2) is 0 Å². The fraction of sp³-hybridized carbons (Fsp3) is 0.500. The molecule has 1 aromatic carbocycles. The van der Waals surface area contributed by atoms with Gasteiger partial charge in [-0.2, -0.15) is 9.57 Å². The van der Waals surface area contributed by atoms with Crippen LogP contribution in [0.5, 0.6) is 0 Å². The molecule has 0 spiro atoms. The number of nitrogens with zero attached hydrogens (tertiary/aromatic N) is 2. The van der Waals surface area contributed by atoms with E-state index in [1.54, 1.807) is 6.92 Å². The van der Waals surface area contributed by atoms with Crippen molar-refractivity contribution < 1.29 is 13.2 Å². The van der Waals surface area contributed by atoms with Crippen molar-refractivity contribution in [3.8, 4) is 6.07 Å². The second-order valence-corrected chi connectivity index (χ2v) is 7.28. The van der Waals surface area contributed by atoms with Crippen molar-refractivity contribution in [2.75, 3.05) is 26.3 Å². The third-order valence-corrected chi connectivity index (χ3v) is 5.79. The molecule has 114 valence electrons. The van der Waals surface area contributed by atoms with Crippen molar-refractivity contribution in [3.63, 3.8) is 0 Å². The predicted octanol–water partition coefficient (Wildman–Crippen LogP) is 2.26. The van der Waals surface area contributed by atoms with Crippen molar-refractivity contribution in [1.82, 2.24) is 4.31 Å². The van der Waals surface area contributed by atoms with E-state index in [1.807, 2.05) is 6.07 Å². The highest BCUT2D eigenvalue weighted by molar-refractivity contribution is 7.89. The van der Waals surface area contributed by atoms with Crippen molar-refractivity contribution in [2.24, 2.45) is 5.92 Å². The normalized spacial score (nSPS) is 18.9. The second-order valence-electron chi connectivity index (χ2n) is 4.94.